The molecular weight excluding hydrogens is 336 g/mol. The zero-order valence-electron chi connectivity index (χ0n) is 14.7. The number of nitrogens with zero attached hydrogens (tertiary/aromatic N) is 1. The standard InChI is InChI=1S/C19H24N2O3S/c1-14(21-8-10-24-11-9-21)13-20-19(22)18-16(23-2)12-17(25-18)15-6-4-3-5-7-15/h3-7,12,14H,8-11,13H2,1-2H3,(H,20,22). The molecule has 0 spiro atoms. The van der Waals surface area contributed by atoms with Gasteiger partial charge in [0, 0.05) is 30.6 Å². The van der Waals surface area contributed by atoms with E-state index in [-0.39, 0.29) is 11.9 Å². The van der Waals surface area contributed by atoms with Gasteiger partial charge in [-0.1, -0.05) is 30.3 Å². The van der Waals surface area contributed by atoms with Crippen molar-refractivity contribution in [1.29, 1.82) is 0 Å². The summed E-state index contributed by atoms with van der Waals surface area (Å²) >= 11 is 1.46. The van der Waals surface area contributed by atoms with Crippen LogP contribution >= 0.6 is 11.3 Å². The van der Waals surface area contributed by atoms with Crippen LogP contribution in [0.3, 0.4) is 0 Å². The second-order valence-electron chi connectivity index (χ2n) is 6.08. The van der Waals surface area contributed by atoms with Crippen LogP contribution in [0.15, 0.2) is 36.4 Å². The molecule has 1 aromatic carbocycles. The Hall–Kier alpha value is -1.89. The number of benzene rings is 1. The van der Waals surface area contributed by atoms with E-state index in [1.165, 1.54) is 11.3 Å². The molecule has 1 fully saturated rings. The lowest BCUT2D eigenvalue weighted by Gasteiger charge is -2.32. The zero-order chi connectivity index (χ0) is 17.6. The van der Waals surface area contributed by atoms with Crippen LogP contribution in [0.25, 0.3) is 10.4 Å². The first-order valence-electron chi connectivity index (χ1n) is 8.52. The van der Waals surface area contributed by atoms with Crippen molar-refractivity contribution in [1.82, 2.24) is 10.2 Å². The highest BCUT2D eigenvalue weighted by atomic mass is 32.1. The first-order chi connectivity index (χ1) is 12.2. The van der Waals surface area contributed by atoms with E-state index in [1.54, 1.807) is 7.11 Å². The summed E-state index contributed by atoms with van der Waals surface area (Å²) in [7, 11) is 1.60. The third kappa shape index (κ3) is 4.39. The van der Waals surface area contributed by atoms with Gasteiger partial charge in [-0.2, -0.15) is 0 Å². The van der Waals surface area contributed by atoms with E-state index in [1.807, 2.05) is 36.4 Å². The summed E-state index contributed by atoms with van der Waals surface area (Å²) in [6, 6.07) is 12.2. The lowest BCUT2D eigenvalue weighted by atomic mass is 10.2. The fourth-order valence-corrected chi connectivity index (χ4v) is 3.94. The van der Waals surface area contributed by atoms with E-state index in [0.29, 0.717) is 17.2 Å². The molecule has 0 aliphatic carbocycles. The van der Waals surface area contributed by atoms with Gasteiger partial charge in [-0.15, -0.1) is 11.3 Å². The molecule has 1 unspecified atom stereocenters. The molecule has 0 saturated carbocycles. The summed E-state index contributed by atoms with van der Waals surface area (Å²) in [5, 5.41) is 3.04. The Kier molecular flexibility index (Phi) is 6.07. The van der Waals surface area contributed by atoms with Crippen LogP contribution in [-0.4, -0.2) is 56.8 Å². The van der Waals surface area contributed by atoms with Crippen LogP contribution in [0.1, 0.15) is 16.6 Å². The molecule has 2 heterocycles. The van der Waals surface area contributed by atoms with Gasteiger partial charge in [-0.05, 0) is 18.6 Å². The van der Waals surface area contributed by atoms with Crippen molar-refractivity contribution in [2.45, 2.75) is 13.0 Å². The molecule has 1 amide bonds. The largest absolute Gasteiger partial charge is 0.495 e. The number of ether oxygens (including phenoxy) is 2. The van der Waals surface area contributed by atoms with Crippen LogP contribution in [0.5, 0.6) is 5.75 Å². The molecule has 2 aromatic rings. The molecule has 1 N–H and O–H groups in total. The van der Waals surface area contributed by atoms with Gasteiger partial charge < -0.3 is 14.8 Å². The molecule has 1 aliphatic rings. The number of amides is 1. The Bertz CT molecular complexity index is 696. The molecule has 1 saturated heterocycles. The summed E-state index contributed by atoms with van der Waals surface area (Å²) in [6.07, 6.45) is 0. The maximum atomic E-state index is 12.6. The molecule has 25 heavy (non-hydrogen) atoms. The van der Waals surface area contributed by atoms with Gasteiger partial charge in [0.1, 0.15) is 10.6 Å². The molecule has 6 heteroatoms. The van der Waals surface area contributed by atoms with E-state index in [4.69, 9.17) is 9.47 Å². The van der Waals surface area contributed by atoms with E-state index in [9.17, 15) is 4.79 Å². The van der Waals surface area contributed by atoms with Crippen LogP contribution in [0.2, 0.25) is 0 Å². The number of nitrogens with one attached hydrogen (secondary N) is 1. The van der Waals surface area contributed by atoms with Crippen molar-refractivity contribution in [2.24, 2.45) is 0 Å². The van der Waals surface area contributed by atoms with Gasteiger partial charge >= 0.3 is 0 Å². The molecule has 1 aromatic heterocycles. The monoisotopic (exact) mass is 360 g/mol. The summed E-state index contributed by atoms with van der Waals surface area (Å²) in [6.45, 7) is 6.09. The normalized spacial score (nSPS) is 16.4. The first kappa shape index (κ1) is 17.9. The number of thiophene rings is 1. The van der Waals surface area contributed by atoms with E-state index in [0.717, 1.165) is 36.7 Å². The Labute approximate surface area is 152 Å². The van der Waals surface area contributed by atoms with Gasteiger partial charge in [-0.25, -0.2) is 0 Å². The maximum absolute atomic E-state index is 12.6. The molecule has 0 bridgehead atoms. The van der Waals surface area contributed by atoms with Gasteiger partial charge in [0.15, 0.2) is 0 Å². The molecule has 134 valence electrons. The summed E-state index contributed by atoms with van der Waals surface area (Å²) < 4.78 is 10.8. The summed E-state index contributed by atoms with van der Waals surface area (Å²) in [4.78, 5) is 16.6. The average molecular weight is 360 g/mol. The number of hydrogen-bond donors (Lipinski definition) is 1. The van der Waals surface area contributed by atoms with E-state index < -0.39 is 0 Å². The number of morpholine rings is 1. The topological polar surface area (TPSA) is 50.8 Å². The van der Waals surface area contributed by atoms with Crippen LogP contribution < -0.4 is 10.1 Å². The van der Waals surface area contributed by atoms with Crippen molar-refractivity contribution in [3.63, 3.8) is 0 Å². The predicted octanol–water partition coefficient (Wildman–Crippen LogP) is 2.87. The average Bonchev–Trinajstić information content (AvgIpc) is 3.12. The van der Waals surface area contributed by atoms with Crippen LogP contribution in [-0.2, 0) is 4.74 Å². The maximum Gasteiger partial charge on any atom is 0.265 e. The number of carbonyl (C=O) groups excluding carboxylic acids is 1. The Balaban J connectivity index is 1.66. The lowest BCUT2D eigenvalue weighted by Crippen LogP contribution is -2.47. The Morgan fingerprint density at radius 1 is 1.32 bits per heavy atom. The third-order valence-electron chi connectivity index (χ3n) is 4.41. The molecule has 1 atom stereocenters. The highest BCUT2D eigenvalue weighted by molar-refractivity contribution is 7.17. The molecule has 3 rings (SSSR count). The Morgan fingerprint density at radius 2 is 2.04 bits per heavy atom. The molecular formula is C19H24N2O3S. The quantitative estimate of drug-likeness (QED) is 0.861. The molecule has 0 radical (unpaired) electrons. The highest BCUT2D eigenvalue weighted by Gasteiger charge is 2.21. The second kappa shape index (κ2) is 8.47. The van der Waals surface area contributed by atoms with Crippen LogP contribution in [0.4, 0.5) is 0 Å². The van der Waals surface area contributed by atoms with Crippen molar-refractivity contribution >= 4 is 17.2 Å². The Morgan fingerprint density at radius 3 is 2.72 bits per heavy atom. The second-order valence-corrected chi connectivity index (χ2v) is 7.13. The minimum Gasteiger partial charge on any atom is -0.495 e. The van der Waals surface area contributed by atoms with Gasteiger partial charge in [0.05, 0.1) is 20.3 Å². The minimum absolute atomic E-state index is 0.0795. The summed E-state index contributed by atoms with van der Waals surface area (Å²) in [5.74, 6) is 0.546. The lowest BCUT2D eigenvalue weighted by molar-refractivity contribution is 0.0204. The number of hydrogen-bond acceptors (Lipinski definition) is 5. The van der Waals surface area contributed by atoms with Crippen molar-refractivity contribution in [2.75, 3.05) is 40.0 Å². The fourth-order valence-electron chi connectivity index (χ4n) is 2.90. The number of rotatable bonds is 6. The first-order valence-corrected chi connectivity index (χ1v) is 9.34. The number of methoxy groups -OCH3 is 1. The number of carbonyl (C=O) groups is 1. The molecule has 5 nitrogen and oxygen atoms in total. The highest BCUT2D eigenvalue weighted by Crippen LogP contribution is 2.36. The third-order valence-corrected chi connectivity index (χ3v) is 5.57. The van der Waals surface area contributed by atoms with Gasteiger partial charge in [0.2, 0.25) is 0 Å². The predicted molar refractivity (Wildman–Crippen MR) is 100 cm³/mol. The van der Waals surface area contributed by atoms with E-state index in [2.05, 4.69) is 17.1 Å². The van der Waals surface area contributed by atoms with Gasteiger partial charge in [0.25, 0.3) is 5.91 Å². The van der Waals surface area contributed by atoms with Gasteiger partial charge in [-0.3, -0.25) is 9.69 Å². The van der Waals surface area contributed by atoms with E-state index >= 15 is 0 Å². The van der Waals surface area contributed by atoms with Crippen LogP contribution in [0, 0.1) is 0 Å². The minimum atomic E-state index is -0.0795. The van der Waals surface area contributed by atoms with Crippen molar-refractivity contribution < 1.29 is 14.3 Å². The smallest absolute Gasteiger partial charge is 0.265 e. The van der Waals surface area contributed by atoms with Crippen molar-refractivity contribution in [3.05, 3.63) is 41.3 Å². The zero-order valence-corrected chi connectivity index (χ0v) is 15.5. The van der Waals surface area contributed by atoms with Crippen molar-refractivity contribution in [3.8, 4) is 16.2 Å². The molecule has 1 aliphatic heterocycles. The SMILES string of the molecule is COc1cc(-c2ccccc2)sc1C(=O)NCC(C)N1CCOCC1. The summed E-state index contributed by atoms with van der Waals surface area (Å²) in [5.41, 5.74) is 1.09. The fraction of sp³-hybridized carbons (Fsp3) is 0.421.